The van der Waals surface area contributed by atoms with E-state index in [-0.39, 0.29) is 5.91 Å². The summed E-state index contributed by atoms with van der Waals surface area (Å²) in [5.41, 5.74) is 1.08. The van der Waals surface area contributed by atoms with E-state index >= 15 is 0 Å². The number of carbonyl (C=O) groups is 2. The average Bonchev–Trinajstić information content (AvgIpc) is 2.80. The Kier molecular flexibility index (Phi) is 7.70. The van der Waals surface area contributed by atoms with Gasteiger partial charge in [0.05, 0.1) is 18.9 Å². The number of hydrogen-bond acceptors (Lipinski definition) is 7. The molecule has 1 rings (SSSR count). The molecule has 0 aromatic carbocycles. The maximum atomic E-state index is 11.8. The number of nitrogens with one attached hydrogen (secondary N) is 2. The number of methoxy groups -OCH3 is 1. The van der Waals surface area contributed by atoms with Gasteiger partial charge in [-0.05, 0) is 25.4 Å². The molecular formula is C13H21N3O4S. The molecule has 1 aromatic rings. The first-order valence-corrected chi connectivity index (χ1v) is 7.50. The normalized spacial score (nSPS) is 10.2. The number of aryl methyl sites for hydroxylation is 1. The Morgan fingerprint density at radius 1 is 1.33 bits per heavy atom. The van der Waals surface area contributed by atoms with E-state index in [0.717, 1.165) is 0 Å². The molecule has 1 heterocycles. The number of esters is 1. The van der Waals surface area contributed by atoms with E-state index in [4.69, 9.17) is 9.47 Å². The molecule has 0 saturated heterocycles. The van der Waals surface area contributed by atoms with Crippen molar-refractivity contribution in [3.63, 3.8) is 0 Å². The summed E-state index contributed by atoms with van der Waals surface area (Å²) in [5, 5.41) is 6.42. The summed E-state index contributed by atoms with van der Waals surface area (Å²) in [6.45, 7) is 5.22. The fourth-order valence-electron chi connectivity index (χ4n) is 1.60. The third-order valence-corrected chi connectivity index (χ3v) is 3.50. The zero-order valence-electron chi connectivity index (χ0n) is 12.5. The molecule has 0 aliphatic carbocycles. The highest BCUT2D eigenvalue weighted by molar-refractivity contribution is 7.10. The monoisotopic (exact) mass is 315 g/mol. The molecule has 1 amide bonds. The lowest BCUT2D eigenvalue weighted by molar-refractivity contribution is -0.121. The molecule has 0 aliphatic rings. The van der Waals surface area contributed by atoms with Crippen LogP contribution in [-0.2, 0) is 14.3 Å². The Morgan fingerprint density at radius 3 is 2.76 bits per heavy atom. The summed E-state index contributed by atoms with van der Waals surface area (Å²) in [5.74, 6) is -0.464. The molecule has 0 fully saturated rings. The van der Waals surface area contributed by atoms with Gasteiger partial charge in [0.25, 0.3) is 0 Å². The van der Waals surface area contributed by atoms with Crippen LogP contribution < -0.4 is 10.6 Å². The Hall–Kier alpha value is -1.67. The molecule has 0 spiro atoms. The maximum absolute atomic E-state index is 11.8. The molecule has 0 saturated carbocycles. The third-order valence-electron chi connectivity index (χ3n) is 2.61. The van der Waals surface area contributed by atoms with Gasteiger partial charge in [-0.2, -0.15) is 4.37 Å². The Morgan fingerprint density at radius 2 is 2.10 bits per heavy atom. The van der Waals surface area contributed by atoms with Gasteiger partial charge < -0.3 is 20.1 Å². The van der Waals surface area contributed by atoms with Gasteiger partial charge in [-0.25, -0.2) is 4.79 Å². The highest BCUT2D eigenvalue weighted by Crippen LogP contribution is 2.25. The molecule has 0 bridgehead atoms. The molecule has 0 unspecified atom stereocenters. The summed E-state index contributed by atoms with van der Waals surface area (Å²) in [6.07, 6.45) is 0.308. The van der Waals surface area contributed by atoms with Gasteiger partial charge >= 0.3 is 5.97 Å². The maximum Gasteiger partial charge on any atom is 0.343 e. The van der Waals surface area contributed by atoms with Gasteiger partial charge in [0.15, 0.2) is 0 Å². The van der Waals surface area contributed by atoms with E-state index in [2.05, 4.69) is 15.0 Å². The first-order chi connectivity index (χ1) is 10.1. The second kappa shape index (κ2) is 9.30. The van der Waals surface area contributed by atoms with Crippen molar-refractivity contribution < 1.29 is 19.1 Å². The molecule has 0 aliphatic heterocycles. The molecule has 118 valence electrons. The van der Waals surface area contributed by atoms with Crippen LogP contribution in [0.4, 0.5) is 5.00 Å². The van der Waals surface area contributed by atoms with Crippen LogP contribution in [0.3, 0.4) is 0 Å². The number of nitrogens with zero attached hydrogens (tertiary/aromatic N) is 1. The van der Waals surface area contributed by atoms with Crippen molar-refractivity contribution in [2.75, 3.05) is 38.7 Å². The lowest BCUT2D eigenvalue weighted by Gasteiger charge is -2.07. The van der Waals surface area contributed by atoms with Crippen molar-refractivity contribution in [2.24, 2.45) is 0 Å². The molecule has 0 atom stereocenters. The van der Waals surface area contributed by atoms with Crippen molar-refractivity contribution >= 4 is 28.4 Å². The minimum Gasteiger partial charge on any atom is -0.462 e. The first-order valence-electron chi connectivity index (χ1n) is 6.73. The van der Waals surface area contributed by atoms with Crippen LogP contribution in [-0.4, -0.2) is 49.7 Å². The van der Waals surface area contributed by atoms with Crippen LogP contribution in [0.1, 0.15) is 29.4 Å². The zero-order chi connectivity index (χ0) is 15.7. The SMILES string of the molecule is CCOC(=O)c1c(C)nsc1NCCC(=O)NCCOC. The van der Waals surface area contributed by atoms with Gasteiger partial charge in [0.1, 0.15) is 10.6 Å². The number of rotatable bonds is 9. The number of amides is 1. The molecule has 21 heavy (non-hydrogen) atoms. The quantitative estimate of drug-likeness (QED) is 0.525. The van der Waals surface area contributed by atoms with Gasteiger partial charge in [-0.1, -0.05) is 0 Å². The second-order valence-corrected chi connectivity index (χ2v) is 4.99. The summed E-state index contributed by atoms with van der Waals surface area (Å²) < 4.78 is 14.0. The summed E-state index contributed by atoms with van der Waals surface area (Å²) in [4.78, 5) is 23.4. The van der Waals surface area contributed by atoms with E-state index in [1.54, 1.807) is 21.0 Å². The fourth-order valence-corrected chi connectivity index (χ4v) is 2.41. The zero-order valence-corrected chi connectivity index (χ0v) is 13.3. The molecular weight excluding hydrogens is 294 g/mol. The highest BCUT2D eigenvalue weighted by atomic mass is 32.1. The molecule has 0 radical (unpaired) electrons. The van der Waals surface area contributed by atoms with Gasteiger partial charge in [0, 0.05) is 26.6 Å². The number of carbonyl (C=O) groups excluding carboxylic acids is 2. The number of anilines is 1. The van der Waals surface area contributed by atoms with Crippen LogP contribution >= 0.6 is 11.5 Å². The summed E-state index contributed by atoms with van der Waals surface area (Å²) in [7, 11) is 1.58. The lowest BCUT2D eigenvalue weighted by atomic mass is 10.2. The van der Waals surface area contributed by atoms with Crippen molar-refractivity contribution in [1.29, 1.82) is 0 Å². The van der Waals surface area contributed by atoms with E-state index in [9.17, 15) is 9.59 Å². The highest BCUT2D eigenvalue weighted by Gasteiger charge is 2.19. The van der Waals surface area contributed by atoms with Crippen LogP contribution in [0.5, 0.6) is 0 Å². The summed E-state index contributed by atoms with van der Waals surface area (Å²) >= 11 is 1.19. The molecule has 8 heteroatoms. The number of ether oxygens (including phenoxy) is 2. The largest absolute Gasteiger partial charge is 0.462 e. The Bertz CT molecular complexity index is 476. The lowest BCUT2D eigenvalue weighted by Crippen LogP contribution is -2.28. The van der Waals surface area contributed by atoms with Crippen molar-refractivity contribution in [3.8, 4) is 0 Å². The van der Waals surface area contributed by atoms with Crippen LogP contribution in [0.25, 0.3) is 0 Å². The van der Waals surface area contributed by atoms with Gasteiger partial charge in [0.2, 0.25) is 5.91 Å². The van der Waals surface area contributed by atoms with Crippen LogP contribution in [0.15, 0.2) is 0 Å². The number of aromatic nitrogens is 1. The van der Waals surface area contributed by atoms with E-state index in [1.165, 1.54) is 11.5 Å². The average molecular weight is 315 g/mol. The van der Waals surface area contributed by atoms with Crippen molar-refractivity contribution in [1.82, 2.24) is 9.69 Å². The standard InChI is InChI=1S/C13H21N3O4S/c1-4-20-13(18)11-9(2)16-21-12(11)15-6-5-10(17)14-7-8-19-3/h15H,4-8H2,1-3H3,(H,14,17). The van der Waals surface area contributed by atoms with Crippen LogP contribution in [0, 0.1) is 6.92 Å². The summed E-state index contributed by atoms with van der Waals surface area (Å²) in [6, 6.07) is 0. The van der Waals surface area contributed by atoms with Crippen molar-refractivity contribution in [2.45, 2.75) is 20.3 Å². The third kappa shape index (κ3) is 5.68. The second-order valence-electron chi connectivity index (χ2n) is 4.21. The van der Waals surface area contributed by atoms with E-state index < -0.39 is 5.97 Å². The smallest absolute Gasteiger partial charge is 0.343 e. The van der Waals surface area contributed by atoms with Gasteiger partial charge in [-0.15, -0.1) is 0 Å². The van der Waals surface area contributed by atoms with Crippen LogP contribution in [0.2, 0.25) is 0 Å². The fraction of sp³-hybridized carbons (Fsp3) is 0.615. The van der Waals surface area contributed by atoms with Gasteiger partial charge in [-0.3, -0.25) is 4.79 Å². The molecule has 2 N–H and O–H groups in total. The Balaban J connectivity index is 2.45. The topological polar surface area (TPSA) is 89.5 Å². The molecule has 1 aromatic heterocycles. The minimum absolute atomic E-state index is 0.0709. The van der Waals surface area contributed by atoms with Crippen molar-refractivity contribution in [3.05, 3.63) is 11.3 Å². The van der Waals surface area contributed by atoms with E-state index in [1.807, 2.05) is 0 Å². The van der Waals surface area contributed by atoms with E-state index in [0.29, 0.717) is 49.0 Å². The number of hydrogen-bond donors (Lipinski definition) is 2. The predicted molar refractivity (Wildman–Crippen MR) is 80.8 cm³/mol. The molecule has 7 nitrogen and oxygen atoms in total. The first kappa shape index (κ1) is 17.4. The predicted octanol–water partition coefficient (Wildman–Crippen LogP) is 1.19. The minimum atomic E-state index is -0.393. The Labute approximate surface area is 128 Å².